The lowest BCUT2D eigenvalue weighted by Gasteiger charge is -2.24. The zero-order valence-electron chi connectivity index (χ0n) is 11.0. The topological polar surface area (TPSA) is 59.0 Å². The van der Waals surface area contributed by atoms with Crippen molar-refractivity contribution in [2.24, 2.45) is 0 Å². The molecular weight excluding hydrogens is 287 g/mol. The van der Waals surface area contributed by atoms with Gasteiger partial charge >= 0.3 is 0 Å². The standard InChI is InChI=1S/C12H20N4O.2ClH/c1-10(8-16-7-6-13-9-16)15-12(17)11-4-2-3-5-14-11;;/h6-7,9-11,14H,2-5,8H2,1H3,(H,15,17);2*1H/t10?,11-;;/m1../s1. The number of halogens is 2. The van der Waals surface area contributed by atoms with Crippen LogP contribution in [0, 0.1) is 0 Å². The monoisotopic (exact) mass is 308 g/mol. The molecule has 1 aliphatic rings. The fourth-order valence-electron chi connectivity index (χ4n) is 2.18. The maximum absolute atomic E-state index is 11.9. The second kappa shape index (κ2) is 9.18. The van der Waals surface area contributed by atoms with E-state index in [9.17, 15) is 4.79 Å². The van der Waals surface area contributed by atoms with Crippen LogP contribution in [-0.2, 0) is 11.3 Å². The summed E-state index contributed by atoms with van der Waals surface area (Å²) in [5.41, 5.74) is 0. The summed E-state index contributed by atoms with van der Waals surface area (Å²) in [7, 11) is 0. The van der Waals surface area contributed by atoms with Crippen molar-refractivity contribution in [2.75, 3.05) is 6.54 Å². The molecule has 19 heavy (non-hydrogen) atoms. The molecule has 5 nitrogen and oxygen atoms in total. The van der Waals surface area contributed by atoms with E-state index in [0.29, 0.717) is 0 Å². The van der Waals surface area contributed by atoms with Crippen molar-refractivity contribution in [1.82, 2.24) is 20.2 Å². The van der Waals surface area contributed by atoms with Gasteiger partial charge in [0, 0.05) is 25.0 Å². The molecule has 1 fully saturated rings. The van der Waals surface area contributed by atoms with Crippen LogP contribution < -0.4 is 10.6 Å². The summed E-state index contributed by atoms with van der Waals surface area (Å²) in [6.07, 6.45) is 8.68. The number of carbonyl (C=O) groups excluding carboxylic acids is 1. The normalized spacial score (nSPS) is 19.7. The van der Waals surface area contributed by atoms with Crippen LogP contribution in [0.25, 0.3) is 0 Å². The van der Waals surface area contributed by atoms with E-state index in [1.54, 1.807) is 12.5 Å². The fraction of sp³-hybridized carbons (Fsp3) is 0.667. The molecule has 1 aromatic rings. The average Bonchev–Trinajstić information content (AvgIpc) is 2.82. The number of aromatic nitrogens is 2. The second-order valence-electron chi connectivity index (χ2n) is 4.67. The van der Waals surface area contributed by atoms with Crippen LogP contribution in [0.2, 0.25) is 0 Å². The minimum Gasteiger partial charge on any atom is -0.350 e. The number of imidazole rings is 1. The van der Waals surface area contributed by atoms with Gasteiger partial charge in [0.1, 0.15) is 0 Å². The highest BCUT2D eigenvalue weighted by Crippen LogP contribution is 2.07. The zero-order chi connectivity index (χ0) is 12.1. The van der Waals surface area contributed by atoms with Gasteiger partial charge in [0.05, 0.1) is 12.4 Å². The molecule has 2 atom stereocenters. The summed E-state index contributed by atoms with van der Waals surface area (Å²) in [5.74, 6) is 0.123. The number of carbonyl (C=O) groups is 1. The van der Waals surface area contributed by atoms with Gasteiger partial charge in [-0.1, -0.05) is 6.42 Å². The first kappa shape index (κ1) is 18.2. The van der Waals surface area contributed by atoms with Gasteiger partial charge in [0.2, 0.25) is 5.91 Å². The molecule has 2 N–H and O–H groups in total. The van der Waals surface area contributed by atoms with Crippen molar-refractivity contribution >= 4 is 30.7 Å². The van der Waals surface area contributed by atoms with Gasteiger partial charge in [0.25, 0.3) is 0 Å². The molecule has 0 aromatic carbocycles. The summed E-state index contributed by atoms with van der Waals surface area (Å²) in [4.78, 5) is 15.9. The van der Waals surface area contributed by atoms with E-state index in [2.05, 4.69) is 15.6 Å². The van der Waals surface area contributed by atoms with Crippen molar-refractivity contribution in [3.05, 3.63) is 18.7 Å². The highest BCUT2D eigenvalue weighted by molar-refractivity contribution is 5.85. The average molecular weight is 309 g/mol. The minimum atomic E-state index is -0.00557. The SMILES string of the molecule is CC(Cn1ccnc1)NC(=O)[C@H]1CCCCN1.Cl.Cl. The summed E-state index contributed by atoms with van der Waals surface area (Å²) in [6, 6.07) is 0.120. The van der Waals surface area contributed by atoms with Crippen LogP contribution in [0.4, 0.5) is 0 Å². The first-order chi connectivity index (χ1) is 8.25. The molecule has 1 aromatic heterocycles. The van der Waals surface area contributed by atoms with Crippen LogP contribution >= 0.6 is 24.8 Å². The zero-order valence-corrected chi connectivity index (χ0v) is 12.7. The maximum Gasteiger partial charge on any atom is 0.237 e. The molecule has 110 valence electrons. The maximum atomic E-state index is 11.9. The fourth-order valence-corrected chi connectivity index (χ4v) is 2.18. The van der Waals surface area contributed by atoms with Gasteiger partial charge in [-0.2, -0.15) is 0 Å². The van der Waals surface area contributed by atoms with E-state index in [1.807, 2.05) is 17.7 Å². The number of rotatable bonds is 4. The molecular formula is C12H22Cl2N4O. The van der Waals surface area contributed by atoms with Crippen LogP contribution in [0.3, 0.4) is 0 Å². The van der Waals surface area contributed by atoms with Gasteiger partial charge in [0.15, 0.2) is 0 Å². The third-order valence-corrected chi connectivity index (χ3v) is 3.06. The Balaban J connectivity index is 0.00000162. The molecule has 0 saturated carbocycles. The van der Waals surface area contributed by atoms with Crippen molar-refractivity contribution in [3.63, 3.8) is 0 Å². The van der Waals surface area contributed by atoms with Gasteiger partial charge in [-0.3, -0.25) is 4.79 Å². The van der Waals surface area contributed by atoms with E-state index < -0.39 is 0 Å². The lowest BCUT2D eigenvalue weighted by atomic mass is 10.0. The van der Waals surface area contributed by atoms with Crippen molar-refractivity contribution in [3.8, 4) is 0 Å². The summed E-state index contributed by atoms with van der Waals surface area (Å²) in [5, 5.41) is 6.29. The largest absolute Gasteiger partial charge is 0.350 e. The Morgan fingerprint density at radius 2 is 2.32 bits per heavy atom. The molecule has 1 aliphatic heterocycles. The molecule has 7 heteroatoms. The number of nitrogens with zero attached hydrogens (tertiary/aromatic N) is 2. The summed E-state index contributed by atoms with van der Waals surface area (Å²) >= 11 is 0. The van der Waals surface area contributed by atoms with E-state index in [1.165, 1.54) is 6.42 Å². The highest BCUT2D eigenvalue weighted by atomic mass is 35.5. The number of amides is 1. The first-order valence-corrected chi connectivity index (χ1v) is 6.25. The highest BCUT2D eigenvalue weighted by Gasteiger charge is 2.21. The molecule has 0 radical (unpaired) electrons. The first-order valence-electron chi connectivity index (χ1n) is 6.25. The van der Waals surface area contributed by atoms with Crippen molar-refractivity contribution < 1.29 is 4.79 Å². The van der Waals surface area contributed by atoms with Gasteiger partial charge in [-0.05, 0) is 26.3 Å². The Kier molecular flexibility index (Phi) is 8.80. The van der Waals surface area contributed by atoms with E-state index in [0.717, 1.165) is 25.9 Å². The van der Waals surface area contributed by atoms with Gasteiger partial charge < -0.3 is 15.2 Å². The molecule has 0 aliphatic carbocycles. The number of piperidine rings is 1. The van der Waals surface area contributed by atoms with Crippen molar-refractivity contribution in [1.29, 1.82) is 0 Å². The van der Waals surface area contributed by atoms with Crippen molar-refractivity contribution in [2.45, 2.75) is 44.8 Å². The van der Waals surface area contributed by atoms with E-state index in [-0.39, 0.29) is 42.8 Å². The third-order valence-electron chi connectivity index (χ3n) is 3.06. The third kappa shape index (κ3) is 5.80. The number of hydrogen-bond donors (Lipinski definition) is 2. The minimum absolute atomic E-state index is 0. The number of nitrogens with one attached hydrogen (secondary N) is 2. The van der Waals surface area contributed by atoms with Crippen LogP contribution in [-0.4, -0.2) is 34.1 Å². The van der Waals surface area contributed by atoms with E-state index in [4.69, 9.17) is 0 Å². The lowest BCUT2D eigenvalue weighted by Crippen LogP contribution is -2.49. The predicted molar refractivity (Wildman–Crippen MR) is 80.0 cm³/mol. The Morgan fingerprint density at radius 1 is 1.53 bits per heavy atom. The quantitative estimate of drug-likeness (QED) is 0.883. The molecule has 1 unspecified atom stereocenters. The molecule has 1 saturated heterocycles. The predicted octanol–water partition coefficient (Wildman–Crippen LogP) is 1.37. The van der Waals surface area contributed by atoms with Crippen LogP contribution in [0.1, 0.15) is 26.2 Å². The van der Waals surface area contributed by atoms with Gasteiger partial charge in [-0.25, -0.2) is 4.98 Å². The molecule has 2 heterocycles. The molecule has 2 rings (SSSR count). The van der Waals surface area contributed by atoms with Crippen LogP contribution in [0.5, 0.6) is 0 Å². The van der Waals surface area contributed by atoms with Gasteiger partial charge in [-0.15, -0.1) is 24.8 Å². The smallest absolute Gasteiger partial charge is 0.237 e. The Morgan fingerprint density at radius 3 is 2.89 bits per heavy atom. The van der Waals surface area contributed by atoms with E-state index >= 15 is 0 Å². The molecule has 0 spiro atoms. The Labute approximate surface area is 126 Å². The summed E-state index contributed by atoms with van der Waals surface area (Å²) in [6.45, 7) is 3.73. The van der Waals surface area contributed by atoms with Crippen LogP contribution in [0.15, 0.2) is 18.7 Å². The Hall–Kier alpha value is -0.780. The Bertz CT molecular complexity index is 353. The molecule has 1 amide bonds. The second-order valence-corrected chi connectivity index (χ2v) is 4.67. The molecule has 0 bridgehead atoms. The lowest BCUT2D eigenvalue weighted by molar-refractivity contribution is -0.124. The summed E-state index contributed by atoms with van der Waals surface area (Å²) < 4.78 is 1.97. The number of hydrogen-bond acceptors (Lipinski definition) is 3.